The van der Waals surface area contributed by atoms with Gasteiger partial charge in [0, 0.05) is 17.6 Å². The molecule has 2 rings (SSSR count). The molecule has 1 heterocycles. The maximum Gasteiger partial charge on any atom is 0.257 e. The lowest BCUT2D eigenvalue weighted by atomic mass is 10.1. The lowest BCUT2D eigenvalue weighted by Crippen LogP contribution is -2.40. The summed E-state index contributed by atoms with van der Waals surface area (Å²) in [6.07, 6.45) is 5.18. The zero-order valence-electron chi connectivity index (χ0n) is 11.2. The molecule has 0 saturated carbocycles. The summed E-state index contributed by atoms with van der Waals surface area (Å²) < 4.78 is 13.8. The molecule has 0 N–H and O–H groups in total. The number of carbonyl (C=O) groups is 1. The summed E-state index contributed by atoms with van der Waals surface area (Å²) in [7, 11) is 0. The molecule has 0 radical (unpaired) electrons. The number of likely N-dealkylation sites (tertiary alicyclic amines) is 1. The van der Waals surface area contributed by atoms with Crippen molar-refractivity contribution < 1.29 is 9.18 Å². The van der Waals surface area contributed by atoms with Gasteiger partial charge in [0.15, 0.2) is 0 Å². The maximum absolute atomic E-state index is 13.8. The molecule has 1 aliphatic rings. The van der Waals surface area contributed by atoms with Gasteiger partial charge in [0.1, 0.15) is 5.82 Å². The third kappa shape index (κ3) is 3.27. The molecular formula is C15H19ClFNO. The van der Waals surface area contributed by atoms with Crippen molar-refractivity contribution in [1.29, 1.82) is 0 Å². The van der Waals surface area contributed by atoms with Crippen LogP contribution < -0.4 is 0 Å². The van der Waals surface area contributed by atoms with Gasteiger partial charge >= 0.3 is 0 Å². The van der Waals surface area contributed by atoms with Crippen LogP contribution in [0.2, 0.25) is 5.02 Å². The molecule has 104 valence electrons. The number of hydrogen-bond donors (Lipinski definition) is 0. The minimum Gasteiger partial charge on any atom is -0.336 e. The number of hydrogen-bond acceptors (Lipinski definition) is 1. The van der Waals surface area contributed by atoms with Crippen LogP contribution in [0, 0.1) is 5.82 Å². The first-order valence-electron chi connectivity index (χ1n) is 6.89. The van der Waals surface area contributed by atoms with Crippen molar-refractivity contribution in [2.75, 3.05) is 6.54 Å². The average Bonchev–Trinajstić information content (AvgIpc) is 2.65. The molecule has 0 aromatic heterocycles. The zero-order valence-corrected chi connectivity index (χ0v) is 11.9. The minimum absolute atomic E-state index is 0.0906. The Kier molecular flexibility index (Phi) is 4.81. The Balaban J connectivity index is 2.27. The van der Waals surface area contributed by atoms with Crippen LogP contribution in [0.4, 0.5) is 4.39 Å². The van der Waals surface area contributed by atoms with E-state index in [9.17, 15) is 9.18 Å². The molecule has 1 aromatic rings. The fourth-order valence-electron chi connectivity index (χ4n) is 2.69. The lowest BCUT2D eigenvalue weighted by molar-refractivity contribution is 0.0673. The van der Waals surface area contributed by atoms with Gasteiger partial charge in [-0.15, -0.1) is 0 Å². The molecule has 19 heavy (non-hydrogen) atoms. The van der Waals surface area contributed by atoms with E-state index in [-0.39, 0.29) is 17.5 Å². The quantitative estimate of drug-likeness (QED) is 0.793. The van der Waals surface area contributed by atoms with E-state index in [0.717, 1.165) is 32.1 Å². The van der Waals surface area contributed by atoms with Crippen molar-refractivity contribution >= 4 is 17.5 Å². The van der Waals surface area contributed by atoms with Crippen LogP contribution in [0.25, 0.3) is 0 Å². The predicted molar refractivity (Wildman–Crippen MR) is 75.0 cm³/mol. The predicted octanol–water partition coefficient (Wildman–Crippen LogP) is 4.27. The van der Waals surface area contributed by atoms with E-state index in [0.29, 0.717) is 11.6 Å². The SMILES string of the molecule is CCC1CCCCCN1C(=O)c1cc(Cl)ccc1F. The number of halogens is 2. The number of benzene rings is 1. The van der Waals surface area contributed by atoms with Gasteiger partial charge in [-0.1, -0.05) is 31.4 Å². The number of carbonyl (C=O) groups excluding carboxylic acids is 1. The van der Waals surface area contributed by atoms with Crippen LogP contribution in [-0.4, -0.2) is 23.4 Å². The summed E-state index contributed by atoms with van der Waals surface area (Å²) in [5.74, 6) is -0.720. The highest BCUT2D eigenvalue weighted by molar-refractivity contribution is 6.31. The van der Waals surface area contributed by atoms with Crippen LogP contribution in [-0.2, 0) is 0 Å². The summed E-state index contributed by atoms with van der Waals surface area (Å²) in [4.78, 5) is 14.3. The number of amides is 1. The van der Waals surface area contributed by atoms with Crippen molar-refractivity contribution in [3.8, 4) is 0 Å². The van der Waals surface area contributed by atoms with Gasteiger partial charge in [-0.2, -0.15) is 0 Å². The summed E-state index contributed by atoms with van der Waals surface area (Å²) in [6.45, 7) is 2.79. The molecule has 1 amide bonds. The van der Waals surface area contributed by atoms with Gasteiger partial charge in [0.05, 0.1) is 5.56 Å². The molecule has 0 bridgehead atoms. The van der Waals surface area contributed by atoms with Crippen LogP contribution in [0.3, 0.4) is 0 Å². The van der Waals surface area contributed by atoms with E-state index in [1.165, 1.54) is 18.2 Å². The highest BCUT2D eigenvalue weighted by Gasteiger charge is 2.26. The third-order valence-corrected chi connectivity index (χ3v) is 4.00. The molecule has 1 unspecified atom stereocenters. The lowest BCUT2D eigenvalue weighted by Gasteiger charge is -2.29. The Morgan fingerprint density at radius 3 is 2.95 bits per heavy atom. The van der Waals surface area contributed by atoms with E-state index >= 15 is 0 Å². The molecule has 0 spiro atoms. The van der Waals surface area contributed by atoms with Gasteiger partial charge in [-0.05, 0) is 37.5 Å². The summed E-state index contributed by atoms with van der Waals surface area (Å²) in [5, 5.41) is 0.396. The Labute approximate surface area is 118 Å². The normalized spacial score (nSPS) is 20.2. The molecule has 1 aliphatic heterocycles. The first kappa shape index (κ1) is 14.3. The van der Waals surface area contributed by atoms with Crippen molar-refractivity contribution in [1.82, 2.24) is 4.90 Å². The average molecular weight is 284 g/mol. The molecule has 1 saturated heterocycles. The zero-order chi connectivity index (χ0) is 13.8. The highest BCUT2D eigenvalue weighted by Crippen LogP contribution is 2.23. The van der Waals surface area contributed by atoms with Gasteiger partial charge in [0.25, 0.3) is 5.91 Å². The van der Waals surface area contributed by atoms with Crippen LogP contribution >= 0.6 is 11.6 Å². The maximum atomic E-state index is 13.8. The Bertz CT molecular complexity index is 463. The smallest absolute Gasteiger partial charge is 0.257 e. The molecule has 1 atom stereocenters. The van der Waals surface area contributed by atoms with Gasteiger partial charge < -0.3 is 4.90 Å². The Morgan fingerprint density at radius 1 is 1.42 bits per heavy atom. The third-order valence-electron chi connectivity index (χ3n) is 3.77. The fourth-order valence-corrected chi connectivity index (χ4v) is 2.86. The first-order valence-corrected chi connectivity index (χ1v) is 7.27. The van der Waals surface area contributed by atoms with Gasteiger partial charge in [0.2, 0.25) is 0 Å². The molecule has 1 aromatic carbocycles. The topological polar surface area (TPSA) is 20.3 Å². The van der Waals surface area contributed by atoms with Crippen LogP contribution in [0.15, 0.2) is 18.2 Å². The monoisotopic (exact) mass is 283 g/mol. The molecule has 2 nitrogen and oxygen atoms in total. The molecule has 0 aliphatic carbocycles. The van der Waals surface area contributed by atoms with Crippen molar-refractivity contribution in [3.63, 3.8) is 0 Å². The van der Waals surface area contributed by atoms with Crippen molar-refractivity contribution in [2.24, 2.45) is 0 Å². The second-order valence-electron chi connectivity index (χ2n) is 5.03. The Morgan fingerprint density at radius 2 is 2.21 bits per heavy atom. The van der Waals surface area contributed by atoms with E-state index < -0.39 is 5.82 Å². The second-order valence-corrected chi connectivity index (χ2v) is 5.47. The largest absolute Gasteiger partial charge is 0.336 e. The molecular weight excluding hydrogens is 265 g/mol. The molecule has 1 fully saturated rings. The second kappa shape index (κ2) is 6.38. The molecule has 4 heteroatoms. The Hall–Kier alpha value is -1.09. The van der Waals surface area contributed by atoms with E-state index in [1.54, 1.807) is 0 Å². The standard InChI is InChI=1S/C15H19ClFNO/c1-2-12-6-4-3-5-9-18(12)15(19)13-10-11(16)7-8-14(13)17/h7-8,10,12H,2-6,9H2,1H3. The van der Waals surface area contributed by atoms with E-state index in [2.05, 4.69) is 6.92 Å². The van der Waals surface area contributed by atoms with Gasteiger partial charge in [-0.25, -0.2) is 4.39 Å². The summed E-state index contributed by atoms with van der Waals surface area (Å²) in [6, 6.07) is 4.37. The number of rotatable bonds is 2. The fraction of sp³-hybridized carbons (Fsp3) is 0.533. The minimum atomic E-state index is -0.492. The summed E-state index contributed by atoms with van der Waals surface area (Å²) in [5.41, 5.74) is 0.0906. The van der Waals surface area contributed by atoms with Gasteiger partial charge in [-0.3, -0.25) is 4.79 Å². The number of nitrogens with zero attached hydrogens (tertiary/aromatic N) is 1. The van der Waals surface area contributed by atoms with Crippen LogP contribution in [0.5, 0.6) is 0 Å². The van der Waals surface area contributed by atoms with E-state index in [1.807, 2.05) is 4.90 Å². The van der Waals surface area contributed by atoms with Crippen molar-refractivity contribution in [2.45, 2.75) is 45.1 Å². The first-order chi connectivity index (χ1) is 9.13. The highest BCUT2D eigenvalue weighted by atomic mass is 35.5. The van der Waals surface area contributed by atoms with Crippen LogP contribution in [0.1, 0.15) is 49.4 Å². The summed E-state index contributed by atoms with van der Waals surface area (Å²) >= 11 is 5.86. The van der Waals surface area contributed by atoms with E-state index in [4.69, 9.17) is 11.6 Å². The van der Waals surface area contributed by atoms with Crippen molar-refractivity contribution in [3.05, 3.63) is 34.6 Å².